The maximum atomic E-state index is 5.93. The Bertz CT molecular complexity index is 1150. The predicted octanol–water partition coefficient (Wildman–Crippen LogP) is 7.33. The fourth-order valence-corrected chi connectivity index (χ4v) is 3.15. The molecule has 0 N–H and O–H groups in total. The van der Waals surface area contributed by atoms with Crippen LogP contribution in [0.25, 0.3) is 28.6 Å². The van der Waals surface area contributed by atoms with Crippen molar-refractivity contribution in [3.8, 4) is 11.5 Å². The summed E-state index contributed by atoms with van der Waals surface area (Å²) in [6.45, 7) is 0. The number of fused-ring (bicyclic) bond motifs is 1. The molecule has 3 aromatic carbocycles. The molecular formula is C22H14BrClN2O. The molecule has 0 aliphatic rings. The second-order valence-corrected chi connectivity index (χ2v) is 7.22. The molecule has 4 aromatic rings. The summed E-state index contributed by atoms with van der Waals surface area (Å²) in [5.74, 6) is 0.567. The van der Waals surface area contributed by atoms with E-state index in [1.807, 2.05) is 78.9 Å². The van der Waals surface area contributed by atoms with E-state index in [1.54, 1.807) is 6.21 Å². The average molecular weight is 438 g/mol. The van der Waals surface area contributed by atoms with Crippen LogP contribution in [-0.4, -0.2) is 11.2 Å². The van der Waals surface area contributed by atoms with E-state index in [-0.39, 0.29) is 0 Å². The van der Waals surface area contributed by atoms with E-state index in [0.29, 0.717) is 10.9 Å². The van der Waals surface area contributed by atoms with Crippen LogP contribution in [0.5, 0.6) is 0 Å². The molecular weight excluding hydrogens is 424 g/mol. The van der Waals surface area contributed by atoms with Crippen LogP contribution in [0, 0.1) is 0 Å². The van der Waals surface area contributed by atoms with Crippen LogP contribution in [0.4, 0.5) is 5.69 Å². The maximum Gasteiger partial charge on any atom is 0.227 e. The smallest absolute Gasteiger partial charge is 0.227 e. The van der Waals surface area contributed by atoms with Crippen LogP contribution in [0.15, 0.2) is 86.7 Å². The Balaban J connectivity index is 1.53. The number of rotatable bonds is 4. The summed E-state index contributed by atoms with van der Waals surface area (Å²) in [5, 5.41) is 0.683. The number of hydrogen-bond acceptors (Lipinski definition) is 3. The van der Waals surface area contributed by atoms with Gasteiger partial charge in [0.25, 0.3) is 0 Å². The largest absolute Gasteiger partial charge is 0.436 e. The lowest BCUT2D eigenvalue weighted by Gasteiger charge is -1.94. The van der Waals surface area contributed by atoms with E-state index < -0.39 is 0 Å². The molecule has 0 saturated heterocycles. The van der Waals surface area contributed by atoms with Gasteiger partial charge in [-0.15, -0.1) is 0 Å². The molecule has 0 aliphatic heterocycles. The van der Waals surface area contributed by atoms with E-state index in [2.05, 4.69) is 25.9 Å². The highest BCUT2D eigenvalue weighted by Crippen LogP contribution is 2.27. The molecule has 0 saturated carbocycles. The molecule has 0 aliphatic carbocycles. The fraction of sp³-hybridized carbons (Fsp3) is 0. The van der Waals surface area contributed by atoms with Gasteiger partial charge < -0.3 is 4.42 Å². The van der Waals surface area contributed by atoms with Crippen LogP contribution >= 0.6 is 27.5 Å². The number of oxazole rings is 1. The molecule has 1 heterocycles. The van der Waals surface area contributed by atoms with Crippen molar-refractivity contribution in [2.24, 2.45) is 4.99 Å². The summed E-state index contributed by atoms with van der Waals surface area (Å²) in [7, 11) is 0. The number of aromatic nitrogens is 1. The minimum Gasteiger partial charge on any atom is -0.436 e. The van der Waals surface area contributed by atoms with Gasteiger partial charge >= 0.3 is 0 Å². The van der Waals surface area contributed by atoms with E-state index in [0.717, 1.165) is 32.4 Å². The summed E-state index contributed by atoms with van der Waals surface area (Å²) >= 11 is 9.39. The predicted molar refractivity (Wildman–Crippen MR) is 116 cm³/mol. The Hall–Kier alpha value is -2.69. The Labute approximate surface area is 170 Å². The zero-order valence-electron chi connectivity index (χ0n) is 14.1. The highest BCUT2D eigenvalue weighted by Gasteiger charge is 2.08. The highest BCUT2D eigenvalue weighted by molar-refractivity contribution is 9.10. The van der Waals surface area contributed by atoms with Gasteiger partial charge in [0, 0.05) is 21.3 Å². The molecule has 3 nitrogen and oxygen atoms in total. The zero-order valence-corrected chi connectivity index (χ0v) is 16.5. The first-order chi connectivity index (χ1) is 13.2. The van der Waals surface area contributed by atoms with Crippen LogP contribution in [0.1, 0.15) is 5.56 Å². The third-order valence-electron chi connectivity index (χ3n) is 3.91. The number of benzene rings is 3. The molecule has 0 fully saturated rings. The van der Waals surface area contributed by atoms with Gasteiger partial charge in [0.1, 0.15) is 5.52 Å². The molecule has 132 valence electrons. The van der Waals surface area contributed by atoms with E-state index in [4.69, 9.17) is 16.0 Å². The number of nitrogens with zero attached hydrogens (tertiary/aromatic N) is 2. The summed E-state index contributed by atoms with van der Waals surface area (Å²) in [6, 6.07) is 21.2. The second-order valence-electron chi connectivity index (χ2n) is 5.87. The van der Waals surface area contributed by atoms with Crippen LogP contribution in [0.2, 0.25) is 5.02 Å². The van der Waals surface area contributed by atoms with Crippen LogP contribution < -0.4 is 0 Å². The molecule has 4 rings (SSSR count). The van der Waals surface area contributed by atoms with Crippen molar-refractivity contribution >= 4 is 56.6 Å². The van der Waals surface area contributed by atoms with Crippen molar-refractivity contribution < 1.29 is 4.42 Å². The van der Waals surface area contributed by atoms with Crippen molar-refractivity contribution in [2.75, 3.05) is 0 Å². The quantitative estimate of drug-likeness (QED) is 0.314. The first-order valence-corrected chi connectivity index (χ1v) is 9.47. The number of aliphatic imine (C=N–C) groups is 1. The van der Waals surface area contributed by atoms with Crippen molar-refractivity contribution in [3.63, 3.8) is 0 Å². The minimum absolute atomic E-state index is 0.567. The Morgan fingerprint density at radius 3 is 2.67 bits per heavy atom. The molecule has 0 atom stereocenters. The van der Waals surface area contributed by atoms with Gasteiger partial charge in [-0.3, -0.25) is 4.99 Å². The van der Waals surface area contributed by atoms with Crippen molar-refractivity contribution in [3.05, 3.63) is 87.9 Å². The minimum atomic E-state index is 0.567. The Morgan fingerprint density at radius 1 is 1.00 bits per heavy atom. The van der Waals surface area contributed by atoms with Crippen LogP contribution in [-0.2, 0) is 0 Å². The van der Waals surface area contributed by atoms with E-state index in [1.165, 1.54) is 0 Å². The monoisotopic (exact) mass is 436 g/mol. The molecule has 0 amide bonds. The summed E-state index contributed by atoms with van der Waals surface area (Å²) in [5.41, 5.74) is 4.31. The van der Waals surface area contributed by atoms with Gasteiger partial charge in [0.15, 0.2) is 5.58 Å². The first kappa shape index (κ1) is 17.7. The lowest BCUT2D eigenvalue weighted by Crippen LogP contribution is -1.76. The molecule has 0 radical (unpaired) electrons. The lowest BCUT2D eigenvalue weighted by molar-refractivity contribution is 0.620. The van der Waals surface area contributed by atoms with Gasteiger partial charge in [-0.25, -0.2) is 4.98 Å². The van der Waals surface area contributed by atoms with E-state index in [9.17, 15) is 0 Å². The highest BCUT2D eigenvalue weighted by atomic mass is 79.9. The average Bonchev–Trinajstić information content (AvgIpc) is 3.09. The van der Waals surface area contributed by atoms with Gasteiger partial charge in [-0.2, -0.15) is 0 Å². The summed E-state index contributed by atoms with van der Waals surface area (Å²) in [6.07, 6.45) is 5.68. The standard InChI is InChI=1S/C22H14BrClN2O/c23-17-5-1-3-15(13-17)4-2-12-25-19-10-11-21-20(14-19)26-22(27-21)16-6-8-18(24)9-7-16/h1-14H. The van der Waals surface area contributed by atoms with Crippen LogP contribution in [0.3, 0.4) is 0 Å². The maximum absolute atomic E-state index is 5.93. The Kier molecular flexibility index (Phi) is 5.19. The number of halogens is 2. The second kappa shape index (κ2) is 7.91. The molecule has 0 spiro atoms. The molecule has 0 unspecified atom stereocenters. The van der Waals surface area contributed by atoms with Gasteiger partial charge in [0.2, 0.25) is 5.89 Å². The van der Waals surface area contributed by atoms with Crippen molar-refractivity contribution in [2.45, 2.75) is 0 Å². The first-order valence-electron chi connectivity index (χ1n) is 8.30. The van der Waals surface area contributed by atoms with Gasteiger partial charge in [-0.05, 0) is 66.2 Å². The molecule has 1 aromatic heterocycles. The number of hydrogen-bond donors (Lipinski definition) is 0. The van der Waals surface area contributed by atoms with Gasteiger partial charge in [-0.1, -0.05) is 45.7 Å². The molecule has 0 bridgehead atoms. The topological polar surface area (TPSA) is 38.4 Å². The number of allylic oxidation sites excluding steroid dienone is 1. The molecule has 5 heteroatoms. The summed E-state index contributed by atoms with van der Waals surface area (Å²) in [4.78, 5) is 9.02. The third-order valence-corrected chi connectivity index (χ3v) is 4.65. The summed E-state index contributed by atoms with van der Waals surface area (Å²) < 4.78 is 6.87. The van der Waals surface area contributed by atoms with E-state index >= 15 is 0 Å². The van der Waals surface area contributed by atoms with Crippen molar-refractivity contribution in [1.82, 2.24) is 4.98 Å². The SMILES string of the molecule is Clc1ccc(-c2nc3cc(N=CC=Cc4cccc(Br)c4)ccc3o2)cc1. The zero-order chi connectivity index (χ0) is 18.6. The van der Waals surface area contributed by atoms with Crippen molar-refractivity contribution in [1.29, 1.82) is 0 Å². The molecule has 27 heavy (non-hydrogen) atoms. The lowest BCUT2D eigenvalue weighted by atomic mass is 10.2. The Morgan fingerprint density at radius 2 is 1.85 bits per heavy atom. The normalized spacial score (nSPS) is 11.8. The third kappa shape index (κ3) is 4.35. The van der Waals surface area contributed by atoms with Gasteiger partial charge in [0.05, 0.1) is 5.69 Å². The fourth-order valence-electron chi connectivity index (χ4n) is 2.61.